The molecule has 1 aliphatic rings. The van der Waals surface area contributed by atoms with E-state index in [1.54, 1.807) is 11.3 Å². The number of amides is 1. The van der Waals surface area contributed by atoms with E-state index in [1.807, 2.05) is 13.1 Å². The van der Waals surface area contributed by atoms with Crippen LogP contribution in [0.3, 0.4) is 0 Å². The first-order chi connectivity index (χ1) is 9.49. The summed E-state index contributed by atoms with van der Waals surface area (Å²) >= 11 is 6.78. The lowest BCUT2D eigenvalue weighted by atomic mass is 9.85. The standard InChI is InChI=1S/C14H21N3OS2/c1-3-10-8-16-11(20-10)9(2)17-13(18)14(12(15)19)6-4-5-7-14/h8-9H,3-7H2,1-2H3,(H2,15,19)(H,17,18). The summed E-state index contributed by atoms with van der Waals surface area (Å²) in [6.07, 6.45) is 6.39. The summed E-state index contributed by atoms with van der Waals surface area (Å²) in [5.74, 6) is -0.0387. The molecule has 4 nitrogen and oxygen atoms in total. The SMILES string of the molecule is CCc1cnc(C(C)NC(=O)C2(C(N)=S)CCCC2)s1. The Morgan fingerprint density at radius 3 is 2.75 bits per heavy atom. The van der Waals surface area contributed by atoms with E-state index in [-0.39, 0.29) is 11.9 Å². The highest BCUT2D eigenvalue weighted by Gasteiger charge is 2.44. The van der Waals surface area contributed by atoms with Gasteiger partial charge in [0, 0.05) is 11.1 Å². The van der Waals surface area contributed by atoms with Crippen molar-refractivity contribution in [2.75, 3.05) is 0 Å². The molecule has 0 aliphatic heterocycles. The highest BCUT2D eigenvalue weighted by molar-refractivity contribution is 7.80. The Labute approximate surface area is 129 Å². The summed E-state index contributed by atoms with van der Waals surface area (Å²) in [7, 11) is 0. The van der Waals surface area contributed by atoms with Crippen LogP contribution < -0.4 is 11.1 Å². The molecule has 0 radical (unpaired) electrons. The number of nitrogens with two attached hydrogens (primary N) is 1. The second-order valence-corrected chi connectivity index (χ2v) is 6.95. The van der Waals surface area contributed by atoms with Gasteiger partial charge in [-0.05, 0) is 26.2 Å². The lowest BCUT2D eigenvalue weighted by molar-refractivity contribution is -0.128. The molecule has 1 aromatic heterocycles. The van der Waals surface area contributed by atoms with Gasteiger partial charge in [-0.15, -0.1) is 11.3 Å². The van der Waals surface area contributed by atoms with Crippen molar-refractivity contribution in [2.45, 2.75) is 52.0 Å². The third-order valence-electron chi connectivity index (χ3n) is 4.00. The van der Waals surface area contributed by atoms with E-state index in [1.165, 1.54) is 4.88 Å². The zero-order chi connectivity index (χ0) is 14.8. The number of nitrogens with one attached hydrogen (secondary N) is 1. The molecule has 0 bridgehead atoms. The molecule has 1 aromatic rings. The third kappa shape index (κ3) is 2.86. The minimum Gasteiger partial charge on any atom is -0.392 e. The lowest BCUT2D eigenvalue weighted by Crippen LogP contribution is -2.47. The number of hydrogen-bond acceptors (Lipinski definition) is 4. The molecule has 0 aromatic carbocycles. The van der Waals surface area contributed by atoms with Crippen LogP contribution in [0.15, 0.2) is 6.20 Å². The molecular formula is C14H21N3OS2. The van der Waals surface area contributed by atoms with Gasteiger partial charge in [-0.1, -0.05) is 32.0 Å². The maximum atomic E-state index is 12.6. The number of nitrogens with zero attached hydrogens (tertiary/aromatic N) is 1. The smallest absolute Gasteiger partial charge is 0.233 e. The lowest BCUT2D eigenvalue weighted by Gasteiger charge is -2.27. The molecule has 1 heterocycles. The molecule has 1 atom stereocenters. The maximum absolute atomic E-state index is 12.6. The molecule has 1 fully saturated rings. The van der Waals surface area contributed by atoms with E-state index in [2.05, 4.69) is 17.2 Å². The summed E-state index contributed by atoms with van der Waals surface area (Å²) < 4.78 is 0. The van der Waals surface area contributed by atoms with Crippen molar-refractivity contribution in [3.63, 3.8) is 0 Å². The number of thiocarbonyl (C=S) groups is 1. The predicted molar refractivity (Wildman–Crippen MR) is 85.7 cm³/mol. The van der Waals surface area contributed by atoms with E-state index in [9.17, 15) is 4.79 Å². The summed E-state index contributed by atoms with van der Waals surface area (Å²) in [4.78, 5) is 18.5. The van der Waals surface area contributed by atoms with Crippen molar-refractivity contribution in [3.8, 4) is 0 Å². The molecule has 110 valence electrons. The van der Waals surface area contributed by atoms with Crippen LogP contribution in [0.1, 0.15) is 55.5 Å². The highest BCUT2D eigenvalue weighted by Crippen LogP contribution is 2.39. The van der Waals surface area contributed by atoms with Crippen LogP contribution >= 0.6 is 23.6 Å². The van der Waals surface area contributed by atoms with Gasteiger partial charge in [-0.3, -0.25) is 4.79 Å². The first-order valence-corrected chi connectivity index (χ1v) is 8.27. The Balaban J connectivity index is 2.08. The fourth-order valence-electron chi connectivity index (χ4n) is 2.65. The number of aromatic nitrogens is 1. The highest BCUT2D eigenvalue weighted by atomic mass is 32.1. The number of carbonyl (C=O) groups is 1. The van der Waals surface area contributed by atoms with Gasteiger partial charge in [-0.25, -0.2) is 4.98 Å². The first kappa shape index (κ1) is 15.4. The van der Waals surface area contributed by atoms with Gasteiger partial charge in [0.2, 0.25) is 5.91 Å². The third-order valence-corrected chi connectivity index (χ3v) is 5.72. The van der Waals surface area contributed by atoms with Crippen molar-refractivity contribution in [1.29, 1.82) is 0 Å². The molecule has 20 heavy (non-hydrogen) atoms. The average Bonchev–Trinajstić information content (AvgIpc) is 3.08. The van der Waals surface area contributed by atoms with Crippen molar-refractivity contribution in [2.24, 2.45) is 11.1 Å². The van der Waals surface area contributed by atoms with E-state index in [0.717, 1.165) is 37.1 Å². The normalized spacial score (nSPS) is 18.7. The molecule has 3 N–H and O–H groups in total. The van der Waals surface area contributed by atoms with Gasteiger partial charge in [0.25, 0.3) is 0 Å². The van der Waals surface area contributed by atoms with E-state index < -0.39 is 5.41 Å². The van der Waals surface area contributed by atoms with Crippen LogP contribution in [0.5, 0.6) is 0 Å². The van der Waals surface area contributed by atoms with Gasteiger partial charge in [0.1, 0.15) is 5.01 Å². The molecule has 1 aliphatic carbocycles. The predicted octanol–water partition coefficient (Wildman–Crippen LogP) is 2.73. The van der Waals surface area contributed by atoms with Crippen LogP contribution in [-0.4, -0.2) is 15.9 Å². The summed E-state index contributed by atoms with van der Waals surface area (Å²) in [6, 6.07) is -0.0976. The Hall–Kier alpha value is -1.01. The summed E-state index contributed by atoms with van der Waals surface area (Å²) in [5, 5.41) is 3.98. The van der Waals surface area contributed by atoms with Crippen molar-refractivity contribution in [1.82, 2.24) is 10.3 Å². The zero-order valence-corrected chi connectivity index (χ0v) is 13.6. The number of carbonyl (C=O) groups excluding carboxylic acids is 1. The monoisotopic (exact) mass is 311 g/mol. The van der Waals surface area contributed by atoms with Gasteiger partial charge < -0.3 is 11.1 Å². The number of hydrogen-bond donors (Lipinski definition) is 2. The Kier molecular flexibility index (Phi) is 4.75. The molecule has 6 heteroatoms. The largest absolute Gasteiger partial charge is 0.392 e. The van der Waals surface area contributed by atoms with E-state index >= 15 is 0 Å². The minimum atomic E-state index is -0.644. The summed E-state index contributed by atoms with van der Waals surface area (Å²) in [5.41, 5.74) is 5.19. The fourth-order valence-corrected chi connectivity index (χ4v) is 3.80. The van der Waals surface area contributed by atoms with E-state index in [0.29, 0.717) is 4.99 Å². The van der Waals surface area contributed by atoms with Gasteiger partial charge in [0.05, 0.1) is 16.4 Å². The van der Waals surface area contributed by atoms with Crippen LogP contribution in [0, 0.1) is 5.41 Å². The van der Waals surface area contributed by atoms with Crippen LogP contribution in [0.25, 0.3) is 0 Å². The Morgan fingerprint density at radius 2 is 2.25 bits per heavy atom. The summed E-state index contributed by atoms with van der Waals surface area (Å²) in [6.45, 7) is 4.05. The molecule has 1 saturated carbocycles. The number of thiazole rings is 1. The first-order valence-electron chi connectivity index (χ1n) is 7.05. The fraction of sp³-hybridized carbons (Fsp3) is 0.643. The number of aryl methyl sites for hydroxylation is 1. The molecule has 1 amide bonds. The van der Waals surface area contributed by atoms with Gasteiger partial charge in [0.15, 0.2) is 0 Å². The quantitative estimate of drug-likeness (QED) is 0.821. The maximum Gasteiger partial charge on any atom is 0.233 e. The second kappa shape index (κ2) is 6.18. The van der Waals surface area contributed by atoms with Gasteiger partial charge in [-0.2, -0.15) is 0 Å². The molecule has 2 rings (SSSR count). The van der Waals surface area contributed by atoms with Crippen LogP contribution in [0.4, 0.5) is 0 Å². The number of rotatable bonds is 5. The van der Waals surface area contributed by atoms with Crippen molar-refractivity contribution >= 4 is 34.5 Å². The Morgan fingerprint density at radius 1 is 1.60 bits per heavy atom. The van der Waals surface area contributed by atoms with Gasteiger partial charge >= 0.3 is 0 Å². The van der Waals surface area contributed by atoms with Crippen LogP contribution in [0.2, 0.25) is 0 Å². The topological polar surface area (TPSA) is 68.0 Å². The molecule has 0 saturated heterocycles. The van der Waals surface area contributed by atoms with Crippen molar-refractivity contribution in [3.05, 3.63) is 16.1 Å². The molecule has 0 spiro atoms. The Bertz CT molecular complexity index is 506. The minimum absolute atomic E-state index is 0.0387. The molecule has 1 unspecified atom stereocenters. The zero-order valence-electron chi connectivity index (χ0n) is 11.9. The van der Waals surface area contributed by atoms with Crippen molar-refractivity contribution < 1.29 is 4.79 Å². The second-order valence-electron chi connectivity index (χ2n) is 5.37. The molecular weight excluding hydrogens is 290 g/mol. The van der Waals surface area contributed by atoms with Crippen LogP contribution in [-0.2, 0) is 11.2 Å². The average molecular weight is 311 g/mol. The van der Waals surface area contributed by atoms with E-state index in [4.69, 9.17) is 18.0 Å².